The number of thiazole rings is 1. The summed E-state index contributed by atoms with van der Waals surface area (Å²) >= 11 is 1.62. The summed E-state index contributed by atoms with van der Waals surface area (Å²) in [5.41, 5.74) is 0. The minimum absolute atomic E-state index is 0.347. The van der Waals surface area contributed by atoms with Crippen LogP contribution in [0.5, 0.6) is 0 Å². The Hall–Kier alpha value is -0.920. The van der Waals surface area contributed by atoms with Gasteiger partial charge in [0.1, 0.15) is 5.01 Å². The molecule has 1 rings (SSSR count). The third-order valence-corrected chi connectivity index (χ3v) is 3.11. The van der Waals surface area contributed by atoms with Crippen LogP contribution in [0.3, 0.4) is 0 Å². The predicted molar refractivity (Wildman–Crippen MR) is 58.1 cm³/mol. The minimum atomic E-state index is 0.347. The Labute approximate surface area is 88.8 Å². The molecule has 0 aromatic carbocycles. The Balaban J connectivity index is 2.53. The van der Waals surface area contributed by atoms with Gasteiger partial charge in [0.2, 0.25) is 0 Å². The Morgan fingerprint density at radius 3 is 3.14 bits per heavy atom. The van der Waals surface area contributed by atoms with Crippen LogP contribution in [0.1, 0.15) is 36.2 Å². The molecule has 0 radical (unpaired) electrons. The fraction of sp³-hybridized carbons (Fsp3) is 0.600. The van der Waals surface area contributed by atoms with E-state index in [0.29, 0.717) is 12.5 Å². The van der Waals surface area contributed by atoms with Crippen molar-refractivity contribution in [1.82, 2.24) is 10.3 Å². The number of aromatic nitrogens is 1. The van der Waals surface area contributed by atoms with Crippen molar-refractivity contribution in [3.63, 3.8) is 0 Å². The third kappa shape index (κ3) is 3.09. The van der Waals surface area contributed by atoms with Crippen LogP contribution in [-0.4, -0.2) is 11.5 Å². The van der Waals surface area contributed by atoms with Gasteiger partial charge in [0.25, 0.3) is 0 Å². The lowest BCUT2D eigenvalue weighted by Crippen LogP contribution is -2.18. The molecule has 1 unspecified atom stereocenters. The van der Waals surface area contributed by atoms with Gasteiger partial charge in [0, 0.05) is 17.1 Å². The second kappa shape index (κ2) is 5.74. The molecule has 14 heavy (non-hydrogen) atoms. The van der Waals surface area contributed by atoms with Gasteiger partial charge < -0.3 is 5.32 Å². The van der Waals surface area contributed by atoms with Crippen LogP contribution in [0.15, 0.2) is 6.20 Å². The maximum absolute atomic E-state index is 8.51. The summed E-state index contributed by atoms with van der Waals surface area (Å²) < 4.78 is 0. The molecule has 0 aliphatic carbocycles. The van der Waals surface area contributed by atoms with Gasteiger partial charge in [-0.2, -0.15) is 5.26 Å². The Kier molecular flexibility index (Phi) is 4.57. The van der Waals surface area contributed by atoms with E-state index in [4.69, 9.17) is 5.26 Å². The van der Waals surface area contributed by atoms with Gasteiger partial charge >= 0.3 is 0 Å². The maximum Gasteiger partial charge on any atom is 0.107 e. The molecule has 0 bridgehead atoms. The molecule has 0 aliphatic heterocycles. The monoisotopic (exact) mass is 209 g/mol. The number of nitrogens with zero attached hydrogens (tertiary/aromatic N) is 2. The van der Waals surface area contributed by atoms with E-state index in [-0.39, 0.29) is 0 Å². The van der Waals surface area contributed by atoms with E-state index in [1.807, 2.05) is 6.20 Å². The Morgan fingerprint density at radius 2 is 2.50 bits per heavy atom. The molecule has 0 fully saturated rings. The van der Waals surface area contributed by atoms with Crippen LogP contribution in [-0.2, 0) is 6.42 Å². The molecular formula is C10H15N3S. The van der Waals surface area contributed by atoms with E-state index in [1.165, 1.54) is 4.88 Å². The van der Waals surface area contributed by atoms with Crippen LogP contribution in [0.2, 0.25) is 0 Å². The molecular weight excluding hydrogens is 194 g/mol. The lowest BCUT2D eigenvalue weighted by molar-refractivity contribution is 0.577. The Morgan fingerprint density at radius 1 is 1.71 bits per heavy atom. The van der Waals surface area contributed by atoms with E-state index in [9.17, 15) is 0 Å². The summed E-state index contributed by atoms with van der Waals surface area (Å²) in [6, 6.07) is 2.45. The van der Waals surface area contributed by atoms with Crippen LogP contribution >= 0.6 is 11.3 Å². The van der Waals surface area contributed by atoms with E-state index < -0.39 is 0 Å². The first-order valence-corrected chi connectivity index (χ1v) is 5.64. The molecule has 76 valence electrons. The van der Waals surface area contributed by atoms with E-state index >= 15 is 0 Å². The first-order chi connectivity index (χ1) is 6.77. The highest BCUT2D eigenvalue weighted by Crippen LogP contribution is 2.20. The van der Waals surface area contributed by atoms with Crippen LogP contribution in [0, 0.1) is 11.3 Å². The zero-order valence-corrected chi connectivity index (χ0v) is 9.40. The average Bonchev–Trinajstić information content (AvgIpc) is 2.63. The second-order valence-corrected chi connectivity index (χ2v) is 4.31. The smallest absolute Gasteiger partial charge is 0.107 e. The van der Waals surface area contributed by atoms with Crippen LogP contribution in [0.25, 0.3) is 0 Å². The highest BCUT2D eigenvalue weighted by Gasteiger charge is 2.08. The second-order valence-electron chi connectivity index (χ2n) is 3.17. The highest BCUT2D eigenvalue weighted by atomic mass is 32.1. The summed E-state index contributed by atoms with van der Waals surface area (Å²) in [7, 11) is 0. The lowest BCUT2D eigenvalue weighted by Gasteiger charge is -2.09. The van der Waals surface area contributed by atoms with Crippen molar-refractivity contribution >= 4 is 11.3 Å². The van der Waals surface area contributed by atoms with Crippen molar-refractivity contribution in [2.45, 2.75) is 32.7 Å². The van der Waals surface area contributed by atoms with Gasteiger partial charge in [-0.25, -0.2) is 4.98 Å². The van der Waals surface area contributed by atoms with Gasteiger partial charge in [-0.1, -0.05) is 6.92 Å². The first kappa shape index (κ1) is 11.2. The highest BCUT2D eigenvalue weighted by molar-refractivity contribution is 7.11. The van der Waals surface area contributed by atoms with Crippen molar-refractivity contribution < 1.29 is 0 Å². The lowest BCUT2D eigenvalue weighted by atomic mass is 10.3. The van der Waals surface area contributed by atoms with Gasteiger partial charge in [-0.05, 0) is 19.9 Å². The standard InChI is InChI=1S/C10H15N3S/c1-3-6-12-8(2)9-7-13-10(14-9)4-5-11/h7-8,12H,3-4,6H2,1-2H3. The van der Waals surface area contributed by atoms with Crippen molar-refractivity contribution in [2.75, 3.05) is 6.54 Å². The fourth-order valence-corrected chi connectivity index (χ4v) is 2.02. The molecule has 0 amide bonds. The summed E-state index contributed by atoms with van der Waals surface area (Å²) in [6.07, 6.45) is 3.42. The molecule has 4 heteroatoms. The molecule has 1 N–H and O–H groups in total. The number of rotatable bonds is 5. The minimum Gasteiger partial charge on any atom is -0.309 e. The van der Waals surface area contributed by atoms with Crippen molar-refractivity contribution in [1.29, 1.82) is 5.26 Å². The van der Waals surface area contributed by atoms with Gasteiger partial charge in [0.15, 0.2) is 0 Å². The van der Waals surface area contributed by atoms with Gasteiger partial charge in [-0.3, -0.25) is 0 Å². The van der Waals surface area contributed by atoms with E-state index in [1.54, 1.807) is 11.3 Å². The molecule has 1 atom stereocenters. The normalized spacial score (nSPS) is 12.4. The van der Waals surface area contributed by atoms with Crippen LogP contribution < -0.4 is 5.32 Å². The Bertz CT molecular complexity index is 313. The average molecular weight is 209 g/mol. The largest absolute Gasteiger partial charge is 0.309 e. The molecule has 0 aliphatic rings. The van der Waals surface area contributed by atoms with Gasteiger partial charge in [0.05, 0.1) is 12.5 Å². The summed E-state index contributed by atoms with van der Waals surface area (Å²) in [5.74, 6) is 0. The maximum atomic E-state index is 8.51. The molecule has 1 aromatic heterocycles. The zero-order valence-electron chi connectivity index (χ0n) is 8.58. The quantitative estimate of drug-likeness (QED) is 0.809. The number of nitrogens with one attached hydrogen (secondary N) is 1. The summed E-state index contributed by atoms with van der Waals surface area (Å²) in [6.45, 7) is 5.29. The molecule has 0 spiro atoms. The molecule has 3 nitrogen and oxygen atoms in total. The van der Waals surface area contributed by atoms with E-state index in [2.05, 4.69) is 30.2 Å². The molecule has 1 heterocycles. The van der Waals surface area contributed by atoms with Crippen LogP contribution in [0.4, 0.5) is 0 Å². The van der Waals surface area contributed by atoms with E-state index in [0.717, 1.165) is 18.0 Å². The predicted octanol–water partition coefficient (Wildman–Crippen LogP) is 2.27. The fourth-order valence-electron chi connectivity index (χ4n) is 1.14. The number of nitriles is 1. The summed E-state index contributed by atoms with van der Waals surface area (Å²) in [5, 5.41) is 12.8. The first-order valence-electron chi connectivity index (χ1n) is 4.82. The SMILES string of the molecule is CCCNC(C)c1cnc(CC#N)s1. The molecule has 0 saturated carbocycles. The third-order valence-electron chi connectivity index (χ3n) is 1.93. The topological polar surface area (TPSA) is 48.7 Å². The molecule has 1 aromatic rings. The van der Waals surface area contributed by atoms with Crippen molar-refractivity contribution in [3.05, 3.63) is 16.1 Å². The zero-order chi connectivity index (χ0) is 10.4. The number of hydrogen-bond acceptors (Lipinski definition) is 4. The molecule has 0 saturated heterocycles. The van der Waals surface area contributed by atoms with Gasteiger partial charge in [-0.15, -0.1) is 11.3 Å². The summed E-state index contributed by atoms with van der Waals surface area (Å²) in [4.78, 5) is 5.40. The number of hydrogen-bond donors (Lipinski definition) is 1. The van der Waals surface area contributed by atoms with Crippen molar-refractivity contribution in [2.24, 2.45) is 0 Å². The van der Waals surface area contributed by atoms with Crippen molar-refractivity contribution in [3.8, 4) is 6.07 Å².